The minimum absolute atomic E-state index is 0.191. The van der Waals surface area contributed by atoms with E-state index in [1.807, 2.05) is 30.3 Å². The highest BCUT2D eigenvalue weighted by molar-refractivity contribution is 9.10. The molecule has 0 bridgehead atoms. The van der Waals surface area contributed by atoms with E-state index >= 15 is 0 Å². The first-order valence-electron chi connectivity index (χ1n) is 7.48. The fraction of sp³-hybridized carbons (Fsp3) is 0.111. The number of aromatic nitrogens is 2. The molecule has 25 heavy (non-hydrogen) atoms. The maximum atomic E-state index is 12.1. The highest BCUT2D eigenvalue weighted by Gasteiger charge is 2.20. The summed E-state index contributed by atoms with van der Waals surface area (Å²) in [6.07, 6.45) is 1.60. The van der Waals surface area contributed by atoms with Crippen molar-refractivity contribution >= 4 is 45.1 Å². The molecule has 0 aliphatic carbocycles. The Labute approximate surface area is 163 Å². The predicted octanol–water partition coefficient (Wildman–Crippen LogP) is 5.79. The SMILES string of the molecule is CCOC(=O)c1cn(-c2ccc(Br)cc2Cl)c(-c2ccccc2Cl)n1. The Bertz CT molecular complexity index is 941. The molecular formula is C18H13BrCl2N2O2. The minimum Gasteiger partial charge on any atom is -0.461 e. The third-order valence-electron chi connectivity index (χ3n) is 3.47. The lowest BCUT2D eigenvalue weighted by atomic mass is 10.2. The zero-order chi connectivity index (χ0) is 18.0. The largest absolute Gasteiger partial charge is 0.461 e. The zero-order valence-electron chi connectivity index (χ0n) is 13.2. The molecule has 0 aliphatic rings. The third kappa shape index (κ3) is 3.73. The van der Waals surface area contributed by atoms with E-state index in [1.165, 1.54) is 0 Å². The number of carbonyl (C=O) groups is 1. The molecule has 3 rings (SSSR count). The van der Waals surface area contributed by atoms with E-state index in [-0.39, 0.29) is 12.3 Å². The molecule has 0 amide bonds. The average molecular weight is 440 g/mol. The monoisotopic (exact) mass is 438 g/mol. The lowest BCUT2D eigenvalue weighted by Gasteiger charge is -2.11. The van der Waals surface area contributed by atoms with Crippen LogP contribution in [0.25, 0.3) is 17.1 Å². The van der Waals surface area contributed by atoms with Gasteiger partial charge in [-0.25, -0.2) is 9.78 Å². The van der Waals surface area contributed by atoms with Crippen LogP contribution in [-0.2, 0) is 4.74 Å². The van der Waals surface area contributed by atoms with Crippen molar-refractivity contribution in [3.8, 4) is 17.1 Å². The third-order valence-corrected chi connectivity index (χ3v) is 4.60. The Kier molecular flexibility index (Phi) is 5.47. The van der Waals surface area contributed by atoms with Crippen molar-refractivity contribution in [2.24, 2.45) is 0 Å². The maximum Gasteiger partial charge on any atom is 0.358 e. The second-order valence-corrected chi connectivity index (χ2v) is 6.85. The molecule has 128 valence electrons. The van der Waals surface area contributed by atoms with Crippen LogP contribution in [0.1, 0.15) is 17.4 Å². The van der Waals surface area contributed by atoms with Crippen molar-refractivity contribution in [3.05, 3.63) is 68.9 Å². The van der Waals surface area contributed by atoms with Crippen LogP contribution in [0.5, 0.6) is 0 Å². The van der Waals surface area contributed by atoms with Gasteiger partial charge < -0.3 is 4.74 Å². The van der Waals surface area contributed by atoms with Gasteiger partial charge in [0.2, 0.25) is 0 Å². The Balaban J connectivity index is 2.22. The van der Waals surface area contributed by atoms with Crippen LogP contribution in [0.4, 0.5) is 0 Å². The van der Waals surface area contributed by atoms with Crippen LogP contribution in [0.15, 0.2) is 53.1 Å². The lowest BCUT2D eigenvalue weighted by Crippen LogP contribution is -2.04. The molecule has 0 fully saturated rings. The maximum absolute atomic E-state index is 12.1. The highest BCUT2D eigenvalue weighted by Crippen LogP contribution is 2.32. The molecule has 0 N–H and O–H groups in total. The van der Waals surface area contributed by atoms with Gasteiger partial charge in [-0.3, -0.25) is 4.57 Å². The molecule has 4 nitrogen and oxygen atoms in total. The van der Waals surface area contributed by atoms with E-state index in [0.29, 0.717) is 27.1 Å². The van der Waals surface area contributed by atoms with Crippen LogP contribution in [0.2, 0.25) is 10.0 Å². The van der Waals surface area contributed by atoms with Gasteiger partial charge >= 0.3 is 5.97 Å². The quantitative estimate of drug-likeness (QED) is 0.483. The molecule has 0 saturated carbocycles. The minimum atomic E-state index is -0.497. The van der Waals surface area contributed by atoms with Gasteiger partial charge in [0, 0.05) is 16.2 Å². The summed E-state index contributed by atoms with van der Waals surface area (Å²) < 4.78 is 7.65. The van der Waals surface area contributed by atoms with Gasteiger partial charge in [-0.1, -0.05) is 51.3 Å². The van der Waals surface area contributed by atoms with Crippen LogP contribution in [0, 0.1) is 0 Å². The molecule has 0 aliphatic heterocycles. The van der Waals surface area contributed by atoms with Gasteiger partial charge in [-0.15, -0.1) is 0 Å². The first-order valence-corrected chi connectivity index (χ1v) is 9.03. The molecule has 0 spiro atoms. The molecule has 7 heteroatoms. The van der Waals surface area contributed by atoms with Gasteiger partial charge in [-0.05, 0) is 37.3 Å². The van der Waals surface area contributed by atoms with Gasteiger partial charge in [0.25, 0.3) is 0 Å². The Morgan fingerprint density at radius 3 is 2.64 bits per heavy atom. The summed E-state index contributed by atoms with van der Waals surface area (Å²) in [7, 11) is 0. The summed E-state index contributed by atoms with van der Waals surface area (Å²) in [5.41, 5.74) is 1.57. The van der Waals surface area contributed by atoms with Gasteiger partial charge in [0.05, 0.1) is 22.3 Å². The first-order chi connectivity index (χ1) is 12.0. The van der Waals surface area contributed by atoms with E-state index in [2.05, 4.69) is 20.9 Å². The molecule has 0 saturated heterocycles. The lowest BCUT2D eigenvalue weighted by molar-refractivity contribution is 0.0520. The van der Waals surface area contributed by atoms with Gasteiger partial charge in [0.1, 0.15) is 5.82 Å². The summed E-state index contributed by atoms with van der Waals surface area (Å²) in [4.78, 5) is 16.6. The van der Waals surface area contributed by atoms with Crippen molar-refractivity contribution < 1.29 is 9.53 Å². The molecular weight excluding hydrogens is 427 g/mol. The van der Waals surface area contributed by atoms with Gasteiger partial charge in [-0.2, -0.15) is 0 Å². The molecule has 1 aromatic heterocycles. The Morgan fingerprint density at radius 2 is 1.96 bits per heavy atom. The molecule has 1 heterocycles. The molecule has 0 radical (unpaired) electrons. The number of halogens is 3. The second-order valence-electron chi connectivity index (χ2n) is 5.12. The number of rotatable bonds is 4. The van der Waals surface area contributed by atoms with Crippen molar-refractivity contribution in [2.45, 2.75) is 6.92 Å². The van der Waals surface area contributed by atoms with Crippen molar-refractivity contribution in [2.75, 3.05) is 6.61 Å². The molecule has 3 aromatic rings. The Morgan fingerprint density at radius 1 is 1.20 bits per heavy atom. The van der Waals surface area contributed by atoms with Crippen molar-refractivity contribution in [1.82, 2.24) is 9.55 Å². The summed E-state index contributed by atoms with van der Waals surface area (Å²) in [5, 5.41) is 1.04. The van der Waals surface area contributed by atoms with Crippen molar-refractivity contribution in [3.63, 3.8) is 0 Å². The number of ether oxygens (including phenoxy) is 1. The number of nitrogens with zero attached hydrogens (tertiary/aromatic N) is 2. The number of hydrogen-bond donors (Lipinski definition) is 0. The zero-order valence-corrected chi connectivity index (χ0v) is 16.3. The number of esters is 1. The first kappa shape index (κ1) is 18.0. The molecule has 0 atom stereocenters. The van der Waals surface area contributed by atoms with Crippen LogP contribution < -0.4 is 0 Å². The predicted molar refractivity (Wildman–Crippen MR) is 103 cm³/mol. The topological polar surface area (TPSA) is 44.1 Å². The van der Waals surface area contributed by atoms with E-state index in [9.17, 15) is 4.79 Å². The summed E-state index contributed by atoms with van der Waals surface area (Å²) in [6, 6.07) is 12.8. The smallest absolute Gasteiger partial charge is 0.358 e. The summed E-state index contributed by atoms with van der Waals surface area (Å²) in [5.74, 6) is 0.0145. The number of benzene rings is 2. The standard InChI is InChI=1S/C18H13BrCl2N2O2/c1-2-25-18(24)15-10-23(16-8-7-11(19)9-14(16)21)17(22-15)12-5-3-4-6-13(12)20/h3-10H,2H2,1H3. The van der Waals surface area contributed by atoms with Crippen LogP contribution >= 0.6 is 39.1 Å². The van der Waals surface area contributed by atoms with E-state index in [4.69, 9.17) is 27.9 Å². The van der Waals surface area contributed by atoms with Crippen LogP contribution in [0.3, 0.4) is 0 Å². The van der Waals surface area contributed by atoms with E-state index in [0.717, 1.165) is 4.47 Å². The summed E-state index contributed by atoms with van der Waals surface area (Å²) >= 11 is 16.1. The second kappa shape index (κ2) is 7.60. The Hall–Kier alpha value is -1.82. The normalized spacial score (nSPS) is 10.7. The number of hydrogen-bond acceptors (Lipinski definition) is 3. The van der Waals surface area contributed by atoms with E-state index in [1.54, 1.807) is 29.8 Å². The molecule has 0 unspecified atom stereocenters. The van der Waals surface area contributed by atoms with Crippen molar-refractivity contribution in [1.29, 1.82) is 0 Å². The fourth-order valence-corrected chi connectivity index (χ4v) is 3.36. The molecule has 2 aromatic carbocycles. The number of imidazole rings is 1. The van der Waals surface area contributed by atoms with Crippen LogP contribution in [-0.4, -0.2) is 22.1 Å². The highest BCUT2D eigenvalue weighted by atomic mass is 79.9. The fourth-order valence-electron chi connectivity index (χ4n) is 2.38. The average Bonchev–Trinajstić information content (AvgIpc) is 3.00. The van der Waals surface area contributed by atoms with Gasteiger partial charge in [0.15, 0.2) is 5.69 Å². The number of carbonyl (C=O) groups excluding carboxylic acids is 1. The van der Waals surface area contributed by atoms with E-state index < -0.39 is 5.97 Å². The summed E-state index contributed by atoms with van der Waals surface area (Å²) in [6.45, 7) is 2.02.